The molecule has 5 aliphatic rings. The molecule has 11 nitrogen and oxygen atoms in total. The minimum Gasteiger partial charge on any atom is -0.374 e. The lowest BCUT2D eigenvalue weighted by atomic mass is 9.63. The number of benzene rings is 2. The van der Waals surface area contributed by atoms with E-state index < -0.39 is 0 Å². The monoisotopic (exact) mass is 808 g/mol. The zero-order valence-electron chi connectivity index (χ0n) is 32.8. The van der Waals surface area contributed by atoms with E-state index in [1.165, 1.54) is 68.7 Å². The van der Waals surface area contributed by atoms with Gasteiger partial charge in [0.15, 0.2) is 0 Å². The second-order valence-corrected chi connectivity index (χ2v) is 19.0. The molecule has 4 aromatic rings. The van der Waals surface area contributed by atoms with Crippen molar-refractivity contribution in [2.24, 2.45) is 11.3 Å². The number of likely N-dealkylation sites (tertiary alicyclic amines) is 1. The summed E-state index contributed by atoms with van der Waals surface area (Å²) in [6, 6.07) is 16.4. The van der Waals surface area contributed by atoms with Crippen molar-refractivity contribution < 1.29 is 9.59 Å². The normalized spacial score (nSPS) is 22.2. The van der Waals surface area contributed by atoms with E-state index in [4.69, 9.17) is 16.6 Å². The quantitative estimate of drug-likeness (QED) is 0.136. The largest absolute Gasteiger partial charge is 0.374 e. The Morgan fingerprint density at radius 2 is 1.74 bits per heavy atom. The number of piperidine rings is 3. The van der Waals surface area contributed by atoms with Gasteiger partial charge in [-0.15, -0.1) is 11.8 Å². The number of carbonyl (C=O) groups excluding carboxylic acids is 2. The van der Waals surface area contributed by atoms with Crippen molar-refractivity contribution in [3.05, 3.63) is 75.7 Å². The topological polar surface area (TPSA) is 124 Å². The first-order valence-electron chi connectivity index (χ1n) is 21.0. The highest BCUT2D eigenvalue weighted by molar-refractivity contribution is 8.00. The fourth-order valence-electron chi connectivity index (χ4n) is 9.98. The molecule has 2 aliphatic carbocycles. The SMILES string of the molecule is Cc1cc(SC2CC3(CCN(CC4CCN(c5cccc(NC6CCC(=O)NC6=O)c5)CC4)CC3)C2)ccc1Nc1ncc2cc(Cl)c(=O)n(C3CCCC3)c2n1. The lowest BCUT2D eigenvalue weighted by Crippen LogP contribution is -2.49. The van der Waals surface area contributed by atoms with E-state index in [0.29, 0.717) is 35.1 Å². The third kappa shape index (κ3) is 8.41. The van der Waals surface area contributed by atoms with Crippen molar-refractivity contribution in [1.29, 1.82) is 0 Å². The molecule has 1 spiro atoms. The van der Waals surface area contributed by atoms with Gasteiger partial charge in [0.05, 0.1) is 0 Å². The Hall–Kier alpha value is -4.13. The van der Waals surface area contributed by atoms with Crippen LogP contribution in [0.3, 0.4) is 0 Å². The molecule has 3 aliphatic heterocycles. The zero-order valence-corrected chi connectivity index (χ0v) is 34.3. The third-order valence-corrected chi connectivity index (χ3v) is 14.8. The summed E-state index contributed by atoms with van der Waals surface area (Å²) in [6.07, 6.45) is 14.5. The highest BCUT2D eigenvalue weighted by atomic mass is 35.5. The highest BCUT2D eigenvalue weighted by Gasteiger charge is 2.46. The molecular formula is C44H53ClN8O3S. The van der Waals surface area contributed by atoms with Gasteiger partial charge in [-0.05, 0) is 137 Å². The molecule has 1 atom stereocenters. The van der Waals surface area contributed by atoms with E-state index in [0.717, 1.165) is 67.0 Å². The predicted octanol–water partition coefficient (Wildman–Crippen LogP) is 8.08. The fraction of sp³-hybridized carbons (Fsp3) is 0.523. The van der Waals surface area contributed by atoms with E-state index in [1.54, 1.807) is 16.8 Å². The number of aromatic nitrogens is 3. The van der Waals surface area contributed by atoms with Crippen LogP contribution in [0.1, 0.15) is 88.7 Å². The average molecular weight is 809 g/mol. The van der Waals surface area contributed by atoms with Crippen LogP contribution in [0.25, 0.3) is 11.0 Å². The minimum atomic E-state index is -0.367. The Balaban J connectivity index is 0.723. The highest BCUT2D eigenvalue weighted by Crippen LogP contribution is 2.55. The first kappa shape index (κ1) is 38.4. The molecule has 0 radical (unpaired) electrons. The first-order chi connectivity index (χ1) is 27.7. The zero-order chi connectivity index (χ0) is 39.1. The van der Waals surface area contributed by atoms with Crippen LogP contribution < -0.4 is 26.4 Å². The molecule has 2 aromatic carbocycles. The average Bonchev–Trinajstić information content (AvgIpc) is 3.73. The molecule has 5 fully saturated rings. The van der Waals surface area contributed by atoms with Crippen LogP contribution in [0, 0.1) is 18.3 Å². The van der Waals surface area contributed by atoms with Crippen molar-refractivity contribution in [1.82, 2.24) is 24.8 Å². The Morgan fingerprint density at radius 1 is 0.947 bits per heavy atom. The summed E-state index contributed by atoms with van der Waals surface area (Å²) in [5, 5.41) is 10.9. The van der Waals surface area contributed by atoms with Crippen LogP contribution >= 0.6 is 23.4 Å². The van der Waals surface area contributed by atoms with Crippen molar-refractivity contribution in [3.63, 3.8) is 0 Å². The van der Waals surface area contributed by atoms with Crippen LogP contribution in [0.5, 0.6) is 0 Å². The maximum Gasteiger partial charge on any atom is 0.271 e. The molecule has 2 saturated carbocycles. The first-order valence-corrected chi connectivity index (χ1v) is 22.2. The van der Waals surface area contributed by atoms with Gasteiger partial charge in [0.25, 0.3) is 5.56 Å². The number of hydrogen-bond acceptors (Lipinski definition) is 10. The lowest BCUT2D eigenvalue weighted by Gasteiger charge is -2.52. The number of nitrogens with one attached hydrogen (secondary N) is 3. The van der Waals surface area contributed by atoms with E-state index >= 15 is 0 Å². The Labute approximate surface area is 343 Å². The molecule has 2 aromatic heterocycles. The van der Waals surface area contributed by atoms with Gasteiger partial charge in [-0.2, -0.15) is 4.98 Å². The van der Waals surface area contributed by atoms with Gasteiger partial charge in [0.1, 0.15) is 16.7 Å². The number of carbonyl (C=O) groups is 2. The van der Waals surface area contributed by atoms with Crippen molar-refractivity contribution in [3.8, 4) is 0 Å². The molecule has 13 heteroatoms. The number of anilines is 4. The fourth-order valence-corrected chi connectivity index (χ4v) is 11.8. The van der Waals surface area contributed by atoms with Crippen molar-refractivity contribution >= 4 is 69.2 Å². The number of thioether (sulfide) groups is 1. The number of imide groups is 1. The number of rotatable bonds is 10. The Bertz CT molecular complexity index is 2200. The lowest BCUT2D eigenvalue weighted by molar-refractivity contribution is -0.133. The van der Waals surface area contributed by atoms with Crippen molar-refractivity contribution in [2.75, 3.05) is 48.3 Å². The second-order valence-electron chi connectivity index (χ2n) is 17.3. The summed E-state index contributed by atoms with van der Waals surface area (Å²) in [7, 11) is 0. The summed E-state index contributed by atoms with van der Waals surface area (Å²) < 4.78 is 1.79. The van der Waals surface area contributed by atoms with E-state index in [9.17, 15) is 14.4 Å². The molecule has 2 amide bonds. The molecule has 5 heterocycles. The number of aryl methyl sites for hydroxylation is 1. The standard InChI is InChI=1S/C44H53ClN8O3S/c1-28-21-34(9-10-37(28)48-43-46-26-30-22-36(45)42(56)53(40(30)50-43)32-6-2-3-7-32)57-35-24-44(25-35)15-19-51(20-16-44)27-29-13-17-52(18-14-29)33-8-4-5-31(23-33)47-38-11-12-39(54)49-41(38)55/h4-5,8-10,21-23,26,29,32,35,38,47H,2-3,6-7,11-20,24-25,27H2,1H3,(H,46,48,50)(H,49,54,55). The Kier molecular flexibility index (Phi) is 10.9. The summed E-state index contributed by atoms with van der Waals surface area (Å²) in [5.74, 6) is 0.793. The van der Waals surface area contributed by atoms with Gasteiger partial charge >= 0.3 is 0 Å². The number of nitrogens with zero attached hydrogens (tertiary/aromatic N) is 5. The summed E-state index contributed by atoms with van der Waals surface area (Å²) in [4.78, 5) is 52.8. The second kappa shape index (κ2) is 16.3. The van der Waals surface area contributed by atoms with Crippen molar-refractivity contribution in [2.45, 2.75) is 106 Å². The van der Waals surface area contributed by atoms with Gasteiger partial charge in [-0.3, -0.25) is 24.3 Å². The molecule has 3 N–H and O–H groups in total. The van der Waals surface area contributed by atoms with Crippen LogP contribution in [-0.4, -0.2) is 75.3 Å². The smallest absolute Gasteiger partial charge is 0.271 e. The van der Waals surface area contributed by atoms with Crippen LogP contribution in [-0.2, 0) is 9.59 Å². The van der Waals surface area contributed by atoms with Gasteiger partial charge in [0.2, 0.25) is 17.8 Å². The number of pyridine rings is 1. The summed E-state index contributed by atoms with van der Waals surface area (Å²) >= 11 is 8.35. The summed E-state index contributed by atoms with van der Waals surface area (Å²) in [6.45, 7) is 7.87. The maximum absolute atomic E-state index is 13.1. The van der Waals surface area contributed by atoms with E-state index in [1.807, 2.05) is 17.8 Å². The third-order valence-electron chi connectivity index (χ3n) is 13.3. The van der Waals surface area contributed by atoms with Gasteiger partial charge in [-0.1, -0.05) is 30.5 Å². The van der Waals surface area contributed by atoms with E-state index in [2.05, 4.69) is 74.1 Å². The summed E-state index contributed by atoms with van der Waals surface area (Å²) in [5.41, 5.74) is 5.23. The molecule has 300 valence electrons. The predicted molar refractivity (Wildman–Crippen MR) is 229 cm³/mol. The van der Waals surface area contributed by atoms with Gasteiger partial charge < -0.3 is 20.4 Å². The maximum atomic E-state index is 13.1. The number of hydrogen-bond donors (Lipinski definition) is 3. The minimum absolute atomic E-state index is 0.129. The molecule has 3 saturated heterocycles. The van der Waals surface area contributed by atoms with Crippen LogP contribution in [0.4, 0.5) is 23.0 Å². The number of fused-ring (bicyclic) bond motifs is 1. The van der Waals surface area contributed by atoms with Crippen LogP contribution in [0.15, 0.2) is 64.4 Å². The molecular weight excluding hydrogens is 756 g/mol. The van der Waals surface area contributed by atoms with E-state index in [-0.39, 0.29) is 34.5 Å². The molecule has 9 rings (SSSR count). The van der Waals surface area contributed by atoms with Crippen LogP contribution in [0.2, 0.25) is 5.02 Å². The molecule has 1 unspecified atom stereocenters. The molecule has 57 heavy (non-hydrogen) atoms. The van der Waals surface area contributed by atoms with Gasteiger partial charge in [-0.25, -0.2) is 4.98 Å². The Morgan fingerprint density at radius 3 is 2.49 bits per heavy atom. The van der Waals surface area contributed by atoms with Gasteiger partial charge in [0, 0.05) is 70.9 Å². The molecule has 0 bridgehead atoms. The number of halogens is 1. The number of amides is 2.